The van der Waals surface area contributed by atoms with Gasteiger partial charge in [-0.25, -0.2) is 0 Å². The molecule has 126 valence electrons. The largest absolute Gasteiger partial charge is 0.359 e. The Morgan fingerprint density at radius 1 is 0.577 bits per heavy atom. The molecule has 0 unspecified atom stereocenters. The van der Waals surface area contributed by atoms with E-state index < -0.39 is 7.26 Å². The molecule has 0 bridgehead atoms. The number of rotatable bonds is 4. The molecule has 1 nitrogen and oxygen atoms in total. The molecule has 0 saturated heterocycles. The van der Waals surface area contributed by atoms with Crippen molar-refractivity contribution in [1.29, 1.82) is 0 Å². The molecule has 4 rings (SSSR count). The highest BCUT2D eigenvalue weighted by atomic mass is 31.2. The number of hydrogen-bond donors (Lipinski definition) is 1. The van der Waals surface area contributed by atoms with Crippen LogP contribution in [0.5, 0.6) is 0 Å². The van der Waals surface area contributed by atoms with Crippen molar-refractivity contribution in [3.8, 4) is 0 Å². The molecule has 0 saturated carbocycles. The van der Waals surface area contributed by atoms with Crippen molar-refractivity contribution < 1.29 is 0 Å². The van der Waals surface area contributed by atoms with E-state index in [1.165, 1.54) is 15.9 Å². The summed E-state index contributed by atoms with van der Waals surface area (Å²) in [4.78, 5) is 0. The lowest BCUT2D eigenvalue weighted by molar-refractivity contribution is 1.10. The zero-order valence-corrected chi connectivity index (χ0v) is 15.4. The van der Waals surface area contributed by atoms with E-state index in [9.17, 15) is 0 Å². The summed E-state index contributed by atoms with van der Waals surface area (Å²) in [5.41, 5.74) is 1.14. The first-order chi connectivity index (χ1) is 12.9. The smallest absolute Gasteiger partial charge is 0.139 e. The Morgan fingerprint density at radius 3 is 1.42 bits per heavy atom. The summed E-state index contributed by atoms with van der Waals surface area (Å²) >= 11 is 0. The third-order valence-electron chi connectivity index (χ3n) is 4.56. The lowest BCUT2D eigenvalue weighted by Crippen LogP contribution is -2.30. The molecule has 2 heteroatoms. The van der Waals surface area contributed by atoms with Crippen LogP contribution in [0.3, 0.4) is 0 Å². The number of allylic oxidation sites excluding steroid dienone is 3. The van der Waals surface area contributed by atoms with E-state index in [4.69, 9.17) is 0 Å². The first kappa shape index (κ1) is 16.6. The molecule has 26 heavy (non-hydrogen) atoms. The summed E-state index contributed by atoms with van der Waals surface area (Å²) in [5.74, 6) is 2.44. The van der Waals surface area contributed by atoms with Crippen molar-refractivity contribution in [2.24, 2.45) is 0 Å². The maximum atomic E-state index is 3.41. The summed E-state index contributed by atoms with van der Waals surface area (Å²) in [6.07, 6.45) is 8.23. The Hall–Kier alpha value is -2.89. The number of dihydropyridines is 1. The minimum absolute atomic E-state index is 1.14. The van der Waals surface area contributed by atoms with Gasteiger partial charge in [-0.3, -0.25) is 0 Å². The Labute approximate surface area is 155 Å². The molecule has 1 heterocycles. The van der Waals surface area contributed by atoms with E-state index in [1.807, 2.05) is 12.3 Å². The summed E-state index contributed by atoms with van der Waals surface area (Å²) < 4.78 is 0. The van der Waals surface area contributed by atoms with Crippen LogP contribution in [-0.2, 0) is 0 Å². The lowest BCUT2D eigenvalue weighted by atomic mass is 10.3. The maximum absolute atomic E-state index is 3.41. The van der Waals surface area contributed by atoms with Gasteiger partial charge in [0, 0.05) is 6.20 Å². The van der Waals surface area contributed by atoms with Crippen LogP contribution >= 0.6 is 7.26 Å². The van der Waals surface area contributed by atoms with Gasteiger partial charge in [-0.05, 0) is 48.6 Å². The Morgan fingerprint density at radius 2 is 1.04 bits per heavy atom. The number of benzene rings is 3. The predicted molar refractivity (Wildman–Crippen MR) is 115 cm³/mol. The predicted octanol–water partition coefficient (Wildman–Crippen LogP) is 4.50. The highest BCUT2D eigenvalue weighted by Gasteiger charge is 2.44. The highest BCUT2D eigenvalue weighted by molar-refractivity contribution is 7.98. The van der Waals surface area contributed by atoms with Crippen molar-refractivity contribution in [1.82, 2.24) is 5.32 Å². The van der Waals surface area contributed by atoms with Crippen LogP contribution in [0, 0.1) is 0 Å². The minimum atomic E-state index is -1.93. The van der Waals surface area contributed by atoms with Crippen LogP contribution in [-0.4, -0.2) is 0 Å². The summed E-state index contributed by atoms with van der Waals surface area (Å²) in [7, 11) is -1.93. The van der Waals surface area contributed by atoms with Gasteiger partial charge in [0.1, 0.15) is 23.2 Å². The third-order valence-corrected chi connectivity index (χ3v) is 8.56. The molecule has 0 aromatic heterocycles. The molecule has 1 N–H and O–H groups in total. The number of nitrogens with one attached hydrogen (secondary N) is 1. The first-order valence-corrected chi connectivity index (χ1v) is 10.6. The molecule has 3 aromatic carbocycles. The normalized spacial score (nSPS) is 15.0. The Kier molecular flexibility index (Phi) is 4.82. The molecular formula is C24H21NP+. The lowest BCUT2D eigenvalue weighted by Gasteiger charge is -2.25. The van der Waals surface area contributed by atoms with E-state index in [1.54, 1.807) is 0 Å². The maximum Gasteiger partial charge on any atom is 0.139 e. The van der Waals surface area contributed by atoms with Crippen molar-refractivity contribution in [2.45, 2.75) is 0 Å². The van der Waals surface area contributed by atoms with Gasteiger partial charge in [0.05, 0.1) is 11.5 Å². The SMILES string of the molecule is C1=CN/C(=C\[P+](c2ccccc2)(c2ccccc2)c2ccccc2)C=C1. The molecule has 3 aromatic rings. The van der Waals surface area contributed by atoms with E-state index in [0.717, 1.165) is 5.70 Å². The molecule has 0 radical (unpaired) electrons. The zero-order valence-electron chi connectivity index (χ0n) is 14.5. The van der Waals surface area contributed by atoms with Crippen LogP contribution < -0.4 is 21.2 Å². The third kappa shape index (κ3) is 3.14. The van der Waals surface area contributed by atoms with Crippen LogP contribution in [0.25, 0.3) is 0 Å². The summed E-state index contributed by atoms with van der Waals surface area (Å²) in [5, 5.41) is 7.47. The van der Waals surface area contributed by atoms with Crippen LogP contribution in [0.1, 0.15) is 0 Å². The van der Waals surface area contributed by atoms with Gasteiger partial charge in [0.25, 0.3) is 0 Å². The van der Waals surface area contributed by atoms with Crippen molar-refractivity contribution in [3.63, 3.8) is 0 Å². The van der Waals surface area contributed by atoms with Crippen molar-refractivity contribution in [3.05, 3.63) is 127 Å². The van der Waals surface area contributed by atoms with Gasteiger partial charge >= 0.3 is 0 Å². The highest BCUT2D eigenvalue weighted by Crippen LogP contribution is 2.57. The Bertz CT molecular complexity index is 845. The molecule has 0 atom stereocenters. The monoisotopic (exact) mass is 354 g/mol. The van der Waals surface area contributed by atoms with Gasteiger partial charge in [-0.15, -0.1) is 0 Å². The van der Waals surface area contributed by atoms with E-state index in [0.29, 0.717) is 0 Å². The standard InChI is InChI=1S/C24H21NP/c1-4-13-22(14-5-1)26(23-15-6-2-7-16-23,24-17-8-3-9-18-24)20-21-12-10-11-19-25-21/h1-20,25H/q+1/b21-20-. The molecule has 1 aliphatic rings. The summed E-state index contributed by atoms with van der Waals surface area (Å²) in [6.45, 7) is 0. The van der Waals surface area contributed by atoms with Gasteiger partial charge in [-0.2, -0.15) is 0 Å². The van der Waals surface area contributed by atoms with Crippen molar-refractivity contribution in [2.75, 3.05) is 0 Å². The van der Waals surface area contributed by atoms with Gasteiger partial charge in [0.15, 0.2) is 0 Å². The number of hydrogen-bond acceptors (Lipinski definition) is 1. The van der Waals surface area contributed by atoms with Crippen LogP contribution in [0.2, 0.25) is 0 Å². The zero-order chi connectivity index (χ0) is 17.7. The fraction of sp³-hybridized carbons (Fsp3) is 0. The second kappa shape index (κ2) is 7.56. The average molecular weight is 354 g/mol. The Balaban J connectivity index is 2.04. The molecule has 0 spiro atoms. The van der Waals surface area contributed by atoms with Gasteiger partial charge < -0.3 is 5.32 Å². The molecule has 0 fully saturated rings. The van der Waals surface area contributed by atoms with Crippen molar-refractivity contribution >= 4 is 23.2 Å². The summed E-state index contributed by atoms with van der Waals surface area (Å²) in [6, 6.07) is 32.6. The fourth-order valence-corrected chi connectivity index (χ4v) is 7.20. The van der Waals surface area contributed by atoms with Gasteiger partial charge in [0.2, 0.25) is 0 Å². The van der Waals surface area contributed by atoms with E-state index in [2.05, 4.69) is 114 Å². The van der Waals surface area contributed by atoms with Crippen LogP contribution in [0.4, 0.5) is 0 Å². The molecule has 1 aliphatic heterocycles. The topological polar surface area (TPSA) is 12.0 Å². The second-order valence-corrected chi connectivity index (χ2v) is 9.43. The first-order valence-electron chi connectivity index (χ1n) is 8.78. The van der Waals surface area contributed by atoms with E-state index >= 15 is 0 Å². The quantitative estimate of drug-likeness (QED) is 0.681. The van der Waals surface area contributed by atoms with Gasteiger partial charge in [-0.1, -0.05) is 60.7 Å². The molecule has 0 aliphatic carbocycles. The second-order valence-electron chi connectivity index (χ2n) is 6.18. The molecular weight excluding hydrogens is 333 g/mol. The fourth-order valence-electron chi connectivity index (χ4n) is 3.36. The average Bonchev–Trinajstić information content (AvgIpc) is 2.75. The van der Waals surface area contributed by atoms with Crippen LogP contribution in [0.15, 0.2) is 127 Å². The minimum Gasteiger partial charge on any atom is -0.359 e. The van der Waals surface area contributed by atoms with E-state index in [-0.39, 0.29) is 0 Å². The molecule has 0 amide bonds.